The number of sulfonamides is 1. The summed E-state index contributed by atoms with van der Waals surface area (Å²) in [5.74, 6) is 0.0672. The summed E-state index contributed by atoms with van der Waals surface area (Å²) in [5.41, 5.74) is 0. The number of piperidine rings is 1. The molecule has 1 aliphatic rings. The topological polar surface area (TPSA) is 57.6 Å². The highest BCUT2D eigenvalue weighted by molar-refractivity contribution is 7.89. The molecule has 1 aromatic carbocycles. The zero-order valence-corrected chi connectivity index (χ0v) is 13.8. The second kappa shape index (κ2) is 5.99. The maximum absolute atomic E-state index is 12.6. The van der Waals surface area contributed by atoms with Crippen molar-refractivity contribution in [3.8, 4) is 0 Å². The molecule has 1 aromatic rings. The molecular formula is C12H14Cl3NO3S. The van der Waals surface area contributed by atoms with Gasteiger partial charge in [0.15, 0.2) is 0 Å². The minimum absolute atomic E-state index is 0.0180. The molecule has 0 aromatic heterocycles. The molecule has 0 bridgehead atoms. The van der Waals surface area contributed by atoms with Crippen LogP contribution in [0.5, 0.6) is 0 Å². The Labute approximate surface area is 133 Å². The third kappa shape index (κ3) is 3.08. The molecule has 0 amide bonds. The lowest BCUT2D eigenvalue weighted by atomic mass is 9.98. The van der Waals surface area contributed by atoms with Gasteiger partial charge in [-0.15, -0.1) is 0 Å². The Balaban J connectivity index is 2.41. The molecule has 2 unspecified atom stereocenters. The third-order valence-corrected chi connectivity index (χ3v) is 6.45. The van der Waals surface area contributed by atoms with Crippen LogP contribution in [0.3, 0.4) is 0 Å². The minimum Gasteiger partial charge on any atom is -0.391 e. The molecule has 1 aliphatic heterocycles. The number of hydrogen-bond acceptors (Lipinski definition) is 3. The highest BCUT2D eigenvalue weighted by Crippen LogP contribution is 2.35. The summed E-state index contributed by atoms with van der Waals surface area (Å²) in [5, 5.41) is 10.1. The van der Waals surface area contributed by atoms with Crippen LogP contribution in [0.1, 0.15) is 13.3 Å². The van der Waals surface area contributed by atoms with Crippen molar-refractivity contribution in [2.45, 2.75) is 24.3 Å². The van der Waals surface area contributed by atoms with Gasteiger partial charge in [0.05, 0.1) is 16.1 Å². The molecule has 2 atom stereocenters. The lowest BCUT2D eigenvalue weighted by Crippen LogP contribution is -2.45. The van der Waals surface area contributed by atoms with E-state index in [1.165, 1.54) is 16.4 Å². The van der Waals surface area contributed by atoms with E-state index in [4.69, 9.17) is 34.8 Å². The second-order valence-electron chi connectivity index (χ2n) is 4.89. The van der Waals surface area contributed by atoms with Gasteiger partial charge in [-0.05, 0) is 24.5 Å². The zero-order chi connectivity index (χ0) is 15.1. The van der Waals surface area contributed by atoms with Crippen molar-refractivity contribution in [3.63, 3.8) is 0 Å². The number of aliphatic hydroxyl groups excluding tert-OH is 1. The predicted molar refractivity (Wildman–Crippen MR) is 80.0 cm³/mol. The van der Waals surface area contributed by atoms with Crippen molar-refractivity contribution in [2.75, 3.05) is 13.1 Å². The third-order valence-electron chi connectivity index (χ3n) is 3.44. The van der Waals surface area contributed by atoms with E-state index in [9.17, 15) is 13.5 Å². The van der Waals surface area contributed by atoms with Crippen LogP contribution < -0.4 is 0 Å². The molecule has 2 rings (SSSR count). The lowest BCUT2D eigenvalue weighted by Gasteiger charge is -2.33. The first-order chi connectivity index (χ1) is 9.23. The molecule has 1 heterocycles. The number of benzene rings is 1. The smallest absolute Gasteiger partial charge is 0.246 e. The van der Waals surface area contributed by atoms with E-state index >= 15 is 0 Å². The second-order valence-corrected chi connectivity index (χ2v) is 8.02. The maximum atomic E-state index is 12.6. The van der Waals surface area contributed by atoms with Crippen LogP contribution in [0.4, 0.5) is 0 Å². The maximum Gasteiger partial charge on any atom is 0.246 e. The SMILES string of the molecule is CC1CCN(S(=O)(=O)c2c(Cl)cc(Cl)cc2Cl)CC1O. The van der Waals surface area contributed by atoms with Crippen LogP contribution in [-0.4, -0.2) is 37.0 Å². The van der Waals surface area contributed by atoms with Crippen molar-refractivity contribution in [1.82, 2.24) is 4.31 Å². The van der Waals surface area contributed by atoms with Gasteiger partial charge in [0, 0.05) is 18.1 Å². The molecule has 1 N–H and O–H groups in total. The van der Waals surface area contributed by atoms with E-state index in [0.717, 1.165) is 0 Å². The first-order valence-electron chi connectivity index (χ1n) is 6.06. The Hall–Kier alpha value is -0.0400. The normalized spacial score (nSPS) is 24.9. The Bertz CT molecular complexity index is 597. The fraction of sp³-hybridized carbons (Fsp3) is 0.500. The van der Waals surface area contributed by atoms with E-state index < -0.39 is 16.1 Å². The zero-order valence-electron chi connectivity index (χ0n) is 10.7. The lowest BCUT2D eigenvalue weighted by molar-refractivity contribution is 0.0605. The van der Waals surface area contributed by atoms with Gasteiger partial charge in [0.2, 0.25) is 10.0 Å². The minimum atomic E-state index is -3.85. The van der Waals surface area contributed by atoms with Crippen molar-refractivity contribution < 1.29 is 13.5 Å². The summed E-state index contributed by atoms with van der Waals surface area (Å²) in [4.78, 5) is -0.160. The molecule has 1 saturated heterocycles. The molecule has 20 heavy (non-hydrogen) atoms. The summed E-state index contributed by atoms with van der Waals surface area (Å²) < 4.78 is 26.4. The molecule has 0 saturated carbocycles. The Morgan fingerprint density at radius 1 is 1.25 bits per heavy atom. The summed E-state index contributed by atoms with van der Waals surface area (Å²) in [7, 11) is -3.85. The van der Waals surface area contributed by atoms with Gasteiger partial charge in [0.25, 0.3) is 0 Å². The first kappa shape index (κ1) is 16.3. The molecule has 1 fully saturated rings. The van der Waals surface area contributed by atoms with Gasteiger partial charge in [-0.3, -0.25) is 0 Å². The summed E-state index contributed by atoms with van der Waals surface area (Å²) in [6.07, 6.45) is -0.105. The van der Waals surface area contributed by atoms with Gasteiger partial charge in [-0.2, -0.15) is 4.31 Å². The van der Waals surface area contributed by atoms with E-state index in [1.54, 1.807) is 0 Å². The summed E-state index contributed by atoms with van der Waals surface area (Å²) in [6.45, 7) is 2.26. The Kier molecular flexibility index (Phi) is 4.89. The van der Waals surface area contributed by atoms with Crippen molar-refractivity contribution >= 4 is 44.8 Å². The Morgan fingerprint density at radius 3 is 2.30 bits per heavy atom. The largest absolute Gasteiger partial charge is 0.391 e. The standard InChI is InChI=1S/C12H14Cl3NO3S/c1-7-2-3-16(6-11(7)17)20(18,19)12-9(14)4-8(13)5-10(12)15/h4-5,7,11,17H,2-3,6H2,1H3. The van der Waals surface area contributed by atoms with Crippen LogP contribution in [0, 0.1) is 5.92 Å². The molecule has 0 radical (unpaired) electrons. The van der Waals surface area contributed by atoms with E-state index in [-0.39, 0.29) is 32.4 Å². The van der Waals surface area contributed by atoms with Crippen molar-refractivity contribution in [2.24, 2.45) is 5.92 Å². The van der Waals surface area contributed by atoms with Gasteiger partial charge in [0.1, 0.15) is 4.90 Å². The highest BCUT2D eigenvalue weighted by atomic mass is 35.5. The number of aliphatic hydroxyl groups is 1. The summed E-state index contributed by atoms with van der Waals surface area (Å²) >= 11 is 17.7. The average molecular weight is 359 g/mol. The van der Waals surface area contributed by atoms with E-state index in [1.807, 2.05) is 6.92 Å². The molecule has 8 heteroatoms. The molecule has 0 spiro atoms. The van der Waals surface area contributed by atoms with E-state index in [0.29, 0.717) is 13.0 Å². The van der Waals surface area contributed by atoms with Gasteiger partial charge < -0.3 is 5.11 Å². The molecule has 4 nitrogen and oxygen atoms in total. The fourth-order valence-electron chi connectivity index (χ4n) is 2.14. The molecule has 0 aliphatic carbocycles. The van der Waals surface area contributed by atoms with Crippen LogP contribution in [0.2, 0.25) is 15.1 Å². The monoisotopic (exact) mass is 357 g/mol. The first-order valence-corrected chi connectivity index (χ1v) is 8.63. The van der Waals surface area contributed by atoms with Crippen LogP contribution in [0.25, 0.3) is 0 Å². The number of halogens is 3. The molecular weight excluding hydrogens is 345 g/mol. The average Bonchev–Trinajstić information content (AvgIpc) is 2.30. The van der Waals surface area contributed by atoms with Crippen LogP contribution >= 0.6 is 34.8 Å². The number of rotatable bonds is 2. The predicted octanol–water partition coefficient (Wildman–Crippen LogP) is 3.04. The van der Waals surface area contributed by atoms with Gasteiger partial charge in [-0.1, -0.05) is 41.7 Å². The summed E-state index contributed by atoms with van der Waals surface area (Å²) in [6, 6.07) is 2.68. The highest BCUT2D eigenvalue weighted by Gasteiger charge is 2.35. The fourth-order valence-corrected chi connectivity index (χ4v) is 5.11. The quantitative estimate of drug-likeness (QED) is 0.884. The number of β-amino-alcohol motifs (C(OH)–C–C–N with tert-alkyl or cyclic N) is 1. The van der Waals surface area contributed by atoms with Gasteiger partial charge in [-0.25, -0.2) is 8.42 Å². The van der Waals surface area contributed by atoms with Crippen molar-refractivity contribution in [3.05, 3.63) is 27.2 Å². The number of hydrogen-bond donors (Lipinski definition) is 1. The molecule has 112 valence electrons. The van der Waals surface area contributed by atoms with Gasteiger partial charge >= 0.3 is 0 Å². The van der Waals surface area contributed by atoms with Crippen molar-refractivity contribution in [1.29, 1.82) is 0 Å². The van der Waals surface area contributed by atoms with Crippen LogP contribution in [-0.2, 0) is 10.0 Å². The van der Waals surface area contributed by atoms with E-state index in [2.05, 4.69) is 0 Å². The Morgan fingerprint density at radius 2 is 1.80 bits per heavy atom. The van der Waals surface area contributed by atoms with Crippen LogP contribution in [0.15, 0.2) is 17.0 Å². The number of nitrogens with zero attached hydrogens (tertiary/aromatic N) is 1.